The number of benzene rings is 2. The molecule has 2 aromatic rings. The maximum Gasteiger partial charge on any atom is 0.311 e. The lowest BCUT2D eigenvalue weighted by molar-refractivity contribution is -0.138. The Morgan fingerprint density at radius 1 is 1.21 bits per heavy atom. The van der Waals surface area contributed by atoms with Crippen molar-refractivity contribution in [2.24, 2.45) is 0 Å². The van der Waals surface area contributed by atoms with Crippen molar-refractivity contribution < 1.29 is 14.3 Å². The molecule has 0 aliphatic heterocycles. The third-order valence-electron chi connectivity index (χ3n) is 3.10. The van der Waals surface area contributed by atoms with Gasteiger partial charge in [-0.05, 0) is 25.0 Å². The predicted octanol–water partition coefficient (Wildman–Crippen LogP) is 3.55. The summed E-state index contributed by atoms with van der Waals surface area (Å²) in [6.45, 7) is 1.95. The molecule has 0 heterocycles. The van der Waals surface area contributed by atoms with Gasteiger partial charge < -0.3 is 5.11 Å². The molecule has 0 aliphatic carbocycles. The van der Waals surface area contributed by atoms with E-state index in [2.05, 4.69) is 0 Å². The fourth-order valence-electron chi connectivity index (χ4n) is 2.16. The molecule has 0 bridgehead atoms. The van der Waals surface area contributed by atoms with Gasteiger partial charge in [-0.25, -0.2) is 4.39 Å². The number of halogens is 1. The number of hydrogen-bond donors (Lipinski definition) is 1. The van der Waals surface area contributed by atoms with Crippen molar-refractivity contribution in [1.29, 1.82) is 0 Å². The Morgan fingerprint density at radius 3 is 2.58 bits per heavy atom. The van der Waals surface area contributed by atoms with Gasteiger partial charge in [0.1, 0.15) is 5.82 Å². The molecule has 98 valence electrons. The zero-order valence-electron chi connectivity index (χ0n) is 10.6. The summed E-state index contributed by atoms with van der Waals surface area (Å²) in [5.41, 5.74) is 2.20. The Bertz CT molecular complexity index is 593. The van der Waals surface area contributed by atoms with E-state index in [9.17, 15) is 14.3 Å². The lowest BCUT2D eigenvalue weighted by Gasteiger charge is -2.14. The Balaban J connectivity index is 2.32. The van der Waals surface area contributed by atoms with Crippen LogP contribution in [0.3, 0.4) is 0 Å². The molecule has 0 amide bonds. The van der Waals surface area contributed by atoms with Crippen LogP contribution < -0.4 is 0 Å². The van der Waals surface area contributed by atoms with E-state index in [1.807, 2.05) is 31.2 Å². The number of hydrogen-bond acceptors (Lipinski definition) is 1. The summed E-state index contributed by atoms with van der Waals surface area (Å²) >= 11 is 0. The van der Waals surface area contributed by atoms with Crippen molar-refractivity contribution in [2.45, 2.75) is 19.3 Å². The highest BCUT2D eigenvalue weighted by Gasteiger charge is 2.23. The van der Waals surface area contributed by atoms with Crippen molar-refractivity contribution >= 4 is 5.97 Å². The molecular weight excluding hydrogens is 243 g/mol. The number of rotatable bonds is 4. The molecule has 3 heteroatoms. The molecule has 1 N–H and O–H groups in total. The monoisotopic (exact) mass is 258 g/mol. The normalized spacial score (nSPS) is 12.1. The number of carbonyl (C=O) groups is 1. The van der Waals surface area contributed by atoms with Crippen LogP contribution in [0.15, 0.2) is 48.5 Å². The minimum Gasteiger partial charge on any atom is -0.481 e. The number of carboxylic acids is 1. The first kappa shape index (κ1) is 13.3. The molecule has 2 rings (SSSR count). The highest BCUT2D eigenvalue weighted by molar-refractivity contribution is 5.76. The SMILES string of the molecule is Cc1cccc(CC(C(=O)O)c2ccccc2F)c1. The Kier molecular flexibility index (Phi) is 3.95. The van der Waals surface area contributed by atoms with Crippen molar-refractivity contribution in [2.75, 3.05) is 0 Å². The fourth-order valence-corrected chi connectivity index (χ4v) is 2.16. The summed E-state index contributed by atoms with van der Waals surface area (Å²) in [4.78, 5) is 11.4. The van der Waals surface area contributed by atoms with Crippen molar-refractivity contribution in [3.05, 3.63) is 71.0 Å². The Hall–Kier alpha value is -2.16. The maximum atomic E-state index is 13.7. The second kappa shape index (κ2) is 5.65. The van der Waals surface area contributed by atoms with Gasteiger partial charge in [-0.1, -0.05) is 48.0 Å². The van der Waals surface area contributed by atoms with Crippen LogP contribution in [0, 0.1) is 12.7 Å². The minimum absolute atomic E-state index is 0.233. The molecule has 2 aromatic carbocycles. The molecule has 0 spiro atoms. The summed E-state index contributed by atoms with van der Waals surface area (Å²) in [5, 5.41) is 9.32. The fraction of sp³-hybridized carbons (Fsp3) is 0.188. The van der Waals surface area contributed by atoms with E-state index in [0.29, 0.717) is 0 Å². The molecule has 0 aromatic heterocycles. The van der Waals surface area contributed by atoms with Gasteiger partial charge in [0.15, 0.2) is 0 Å². The van der Waals surface area contributed by atoms with Crippen LogP contribution in [-0.2, 0) is 11.2 Å². The Morgan fingerprint density at radius 2 is 1.95 bits per heavy atom. The van der Waals surface area contributed by atoms with Gasteiger partial charge in [0.2, 0.25) is 0 Å². The second-order valence-electron chi connectivity index (χ2n) is 4.61. The highest BCUT2D eigenvalue weighted by atomic mass is 19.1. The van der Waals surface area contributed by atoms with E-state index in [1.165, 1.54) is 12.1 Å². The lowest BCUT2D eigenvalue weighted by atomic mass is 9.91. The average molecular weight is 258 g/mol. The standard InChI is InChI=1S/C16H15FO2/c1-11-5-4-6-12(9-11)10-14(16(18)19)13-7-2-3-8-15(13)17/h2-9,14H,10H2,1H3,(H,18,19). The first-order chi connectivity index (χ1) is 9.08. The van der Waals surface area contributed by atoms with Crippen LogP contribution in [0.5, 0.6) is 0 Å². The first-order valence-corrected chi connectivity index (χ1v) is 6.10. The Labute approximate surface area is 111 Å². The molecule has 0 radical (unpaired) electrons. The number of aliphatic carboxylic acids is 1. The molecule has 0 saturated carbocycles. The number of carboxylic acid groups (broad SMARTS) is 1. The van der Waals surface area contributed by atoms with E-state index in [4.69, 9.17) is 0 Å². The average Bonchev–Trinajstić information content (AvgIpc) is 2.37. The zero-order chi connectivity index (χ0) is 13.8. The largest absolute Gasteiger partial charge is 0.481 e. The summed E-state index contributed by atoms with van der Waals surface area (Å²) in [6, 6.07) is 13.7. The predicted molar refractivity (Wildman–Crippen MR) is 71.7 cm³/mol. The molecule has 1 unspecified atom stereocenters. The van der Waals surface area contributed by atoms with Gasteiger partial charge in [0, 0.05) is 5.56 Å². The summed E-state index contributed by atoms with van der Waals surface area (Å²) in [6.07, 6.45) is 0.290. The van der Waals surface area contributed by atoms with Crippen LogP contribution in [0.1, 0.15) is 22.6 Å². The topological polar surface area (TPSA) is 37.3 Å². The lowest BCUT2D eigenvalue weighted by Crippen LogP contribution is -2.16. The van der Waals surface area contributed by atoms with E-state index in [1.54, 1.807) is 12.1 Å². The minimum atomic E-state index is -1.01. The number of aryl methyl sites for hydroxylation is 1. The summed E-state index contributed by atoms with van der Waals surface area (Å²) in [5.74, 6) is -2.34. The van der Waals surface area contributed by atoms with Gasteiger partial charge in [-0.2, -0.15) is 0 Å². The maximum absolute atomic E-state index is 13.7. The molecule has 0 fully saturated rings. The molecular formula is C16H15FO2. The van der Waals surface area contributed by atoms with E-state index in [0.717, 1.165) is 11.1 Å². The third kappa shape index (κ3) is 3.19. The summed E-state index contributed by atoms with van der Waals surface area (Å²) < 4.78 is 13.7. The van der Waals surface area contributed by atoms with Gasteiger partial charge in [-0.3, -0.25) is 4.79 Å². The van der Waals surface area contributed by atoms with Crippen molar-refractivity contribution in [1.82, 2.24) is 0 Å². The molecule has 0 saturated heterocycles. The highest BCUT2D eigenvalue weighted by Crippen LogP contribution is 2.24. The molecule has 19 heavy (non-hydrogen) atoms. The van der Waals surface area contributed by atoms with Crippen LogP contribution in [0.25, 0.3) is 0 Å². The van der Waals surface area contributed by atoms with Crippen LogP contribution in [0.2, 0.25) is 0 Å². The summed E-state index contributed by atoms with van der Waals surface area (Å²) in [7, 11) is 0. The molecule has 0 aliphatic rings. The van der Waals surface area contributed by atoms with Crippen molar-refractivity contribution in [3.63, 3.8) is 0 Å². The smallest absolute Gasteiger partial charge is 0.311 e. The van der Waals surface area contributed by atoms with Gasteiger partial charge in [-0.15, -0.1) is 0 Å². The van der Waals surface area contributed by atoms with E-state index < -0.39 is 17.7 Å². The van der Waals surface area contributed by atoms with E-state index in [-0.39, 0.29) is 12.0 Å². The van der Waals surface area contributed by atoms with Crippen LogP contribution in [0.4, 0.5) is 4.39 Å². The quantitative estimate of drug-likeness (QED) is 0.910. The van der Waals surface area contributed by atoms with Gasteiger partial charge >= 0.3 is 5.97 Å². The zero-order valence-corrected chi connectivity index (χ0v) is 10.6. The first-order valence-electron chi connectivity index (χ1n) is 6.10. The second-order valence-corrected chi connectivity index (χ2v) is 4.61. The van der Waals surface area contributed by atoms with Crippen LogP contribution in [-0.4, -0.2) is 11.1 Å². The van der Waals surface area contributed by atoms with Gasteiger partial charge in [0.25, 0.3) is 0 Å². The molecule has 2 nitrogen and oxygen atoms in total. The van der Waals surface area contributed by atoms with E-state index >= 15 is 0 Å². The third-order valence-corrected chi connectivity index (χ3v) is 3.10. The van der Waals surface area contributed by atoms with Crippen molar-refractivity contribution in [3.8, 4) is 0 Å². The molecule has 1 atom stereocenters. The van der Waals surface area contributed by atoms with Gasteiger partial charge in [0.05, 0.1) is 5.92 Å². The van der Waals surface area contributed by atoms with Crippen LogP contribution >= 0.6 is 0 Å².